The fourth-order valence-electron chi connectivity index (χ4n) is 3.83. The fourth-order valence-corrected chi connectivity index (χ4v) is 3.83. The van der Waals surface area contributed by atoms with Crippen LogP contribution in [0.1, 0.15) is 48.8 Å². The molecule has 2 atom stereocenters. The predicted octanol–water partition coefficient (Wildman–Crippen LogP) is 2.74. The van der Waals surface area contributed by atoms with Crippen molar-refractivity contribution in [3.05, 3.63) is 29.6 Å². The molecule has 0 bridgehead atoms. The number of hydrogen-bond acceptors (Lipinski definition) is 7. The number of anilines is 1. The normalized spacial score (nSPS) is 17.9. The van der Waals surface area contributed by atoms with Crippen molar-refractivity contribution in [1.29, 1.82) is 0 Å². The Balaban J connectivity index is 0.00000289. The van der Waals surface area contributed by atoms with E-state index in [0.717, 1.165) is 36.6 Å². The number of hydroxylamine groups is 1. The highest BCUT2D eigenvalue weighted by Gasteiger charge is 2.26. The van der Waals surface area contributed by atoms with E-state index in [4.69, 9.17) is 15.3 Å². The maximum Gasteiger partial charge on any atom is 0.289 e. The van der Waals surface area contributed by atoms with Gasteiger partial charge in [-0.15, -0.1) is 24.8 Å². The molecule has 0 saturated heterocycles. The third-order valence-electron chi connectivity index (χ3n) is 5.35. The van der Waals surface area contributed by atoms with Crippen molar-refractivity contribution >= 4 is 53.4 Å². The van der Waals surface area contributed by atoms with Crippen LogP contribution in [0.15, 0.2) is 23.2 Å². The average molecular weight is 516 g/mol. The summed E-state index contributed by atoms with van der Waals surface area (Å²) in [5.41, 5.74) is 10.3. The number of carbonyl (C=O) groups excluding carboxylic acids is 1. The van der Waals surface area contributed by atoms with E-state index in [1.165, 1.54) is 7.11 Å². The number of halogens is 2. The van der Waals surface area contributed by atoms with Crippen molar-refractivity contribution in [2.45, 2.75) is 51.6 Å². The maximum absolute atomic E-state index is 12.7. The van der Waals surface area contributed by atoms with Crippen LogP contribution in [0.5, 0.6) is 0 Å². The quantitative estimate of drug-likeness (QED) is 0.173. The second kappa shape index (κ2) is 14.8. The van der Waals surface area contributed by atoms with Crippen LogP contribution in [0, 0.1) is 6.92 Å². The molecule has 0 aliphatic heterocycles. The molecule has 1 aromatic carbocycles. The summed E-state index contributed by atoms with van der Waals surface area (Å²) in [6, 6.07) is 5.89. The van der Waals surface area contributed by atoms with Gasteiger partial charge in [0, 0.05) is 18.5 Å². The standard InChI is InChI=1S/C22H33N7O3.2ClH/c1-4-32-12-11-24-21(30)20-25-16-10-9-14(2)13-15(16)19(28-20)26-17-7-5-6-8-18(17)27-22(23)29-31-3;;/h9-10,13,17-18H,4-8,11-12H2,1-3H3,(H,24,30)(H3,23,27,29)(H,25,26,28);2*1H/t17-,18+;;/m0../s1. The van der Waals surface area contributed by atoms with Crippen molar-refractivity contribution in [2.24, 2.45) is 10.7 Å². The Hall–Kier alpha value is -2.40. The molecular formula is C22H35Cl2N7O3. The lowest BCUT2D eigenvalue weighted by Crippen LogP contribution is -2.40. The Morgan fingerprint density at radius 3 is 2.74 bits per heavy atom. The van der Waals surface area contributed by atoms with Crippen LogP contribution in [-0.4, -0.2) is 60.8 Å². The van der Waals surface area contributed by atoms with Gasteiger partial charge in [-0.05, 0) is 38.8 Å². The van der Waals surface area contributed by atoms with Gasteiger partial charge in [0.25, 0.3) is 5.91 Å². The molecule has 5 N–H and O–H groups in total. The highest BCUT2D eigenvalue weighted by Crippen LogP contribution is 2.28. The number of carbonyl (C=O) groups is 1. The van der Waals surface area contributed by atoms with Gasteiger partial charge in [0.2, 0.25) is 11.8 Å². The van der Waals surface area contributed by atoms with Crippen molar-refractivity contribution in [2.75, 3.05) is 32.2 Å². The summed E-state index contributed by atoms with van der Waals surface area (Å²) in [6.07, 6.45) is 3.97. The molecule has 0 unspecified atom stereocenters. The number of benzene rings is 1. The van der Waals surface area contributed by atoms with Crippen LogP contribution >= 0.6 is 24.8 Å². The lowest BCUT2D eigenvalue weighted by Gasteiger charge is -2.30. The van der Waals surface area contributed by atoms with E-state index >= 15 is 0 Å². The molecule has 1 aromatic heterocycles. The zero-order valence-electron chi connectivity index (χ0n) is 19.8. The first-order valence-electron chi connectivity index (χ1n) is 11.0. The van der Waals surface area contributed by atoms with E-state index in [9.17, 15) is 4.79 Å². The van der Waals surface area contributed by atoms with Gasteiger partial charge in [0.05, 0.1) is 31.3 Å². The molecule has 0 radical (unpaired) electrons. The smallest absolute Gasteiger partial charge is 0.289 e. The van der Waals surface area contributed by atoms with E-state index in [1.807, 2.05) is 32.0 Å². The second-order valence-electron chi connectivity index (χ2n) is 7.79. The van der Waals surface area contributed by atoms with E-state index in [0.29, 0.717) is 31.1 Å². The van der Waals surface area contributed by atoms with Crippen molar-refractivity contribution in [1.82, 2.24) is 20.8 Å². The van der Waals surface area contributed by atoms with Crippen LogP contribution in [0.2, 0.25) is 0 Å². The molecule has 34 heavy (non-hydrogen) atoms. The van der Waals surface area contributed by atoms with Crippen LogP contribution in [0.25, 0.3) is 10.9 Å². The molecule has 190 valence electrons. The highest BCUT2D eigenvalue weighted by atomic mass is 35.5. The third kappa shape index (κ3) is 8.12. The van der Waals surface area contributed by atoms with Gasteiger partial charge in [-0.1, -0.05) is 24.5 Å². The van der Waals surface area contributed by atoms with Gasteiger partial charge >= 0.3 is 0 Å². The first-order chi connectivity index (χ1) is 15.5. The minimum absolute atomic E-state index is 0. The largest absolute Gasteiger partial charge is 0.380 e. The Kier molecular flexibility index (Phi) is 12.9. The van der Waals surface area contributed by atoms with Crippen LogP contribution < -0.4 is 21.8 Å². The molecule has 1 saturated carbocycles. The number of aromatic nitrogens is 2. The van der Waals surface area contributed by atoms with Gasteiger partial charge in [-0.25, -0.2) is 20.4 Å². The Morgan fingerprint density at radius 2 is 2.00 bits per heavy atom. The number of nitrogens with one attached hydrogen (secondary N) is 3. The third-order valence-corrected chi connectivity index (χ3v) is 5.35. The first-order valence-corrected chi connectivity index (χ1v) is 11.0. The molecule has 1 aliphatic rings. The predicted molar refractivity (Wildman–Crippen MR) is 139 cm³/mol. The molecule has 1 fully saturated rings. The molecule has 2 aromatic rings. The zero-order valence-corrected chi connectivity index (χ0v) is 21.4. The molecule has 0 spiro atoms. The molecule has 12 heteroatoms. The van der Waals surface area contributed by atoms with Crippen LogP contribution in [0.3, 0.4) is 0 Å². The Labute approximate surface area is 212 Å². The number of aliphatic imine (C=N–C) groups is 1. The summed E-state index contributed by atoms with van der Waals surface area (Å²) in [6.45, 7) is 5.37. The minimum Gasteiger partial charge on any atom is -0.380 e. The summed E-state index contributed by atoms with van der Waals surface area (Å²) in [5.74, 6) is 0.654. The van der Waals surface area contributed by atoms with Gasteiger partial charge in [0.1, 0.15) is 5.82 Å². The number of guanidine groups is 1. The maximum atomic E-state index is 12.7. The summed E-state index contributed by atoms with van der Waals surface area (Å²) in [7, 11) is 1.50. The van der Waals surface area contributed by atoms with E-state index in [1.54, 1.807) is 0 Å². The van der Waals surface area contributed by atoms with E-state index < -0.39 is 0 Å². The van der Waals surface area contributed by atoms with E-state index in [-0.39, 0.29) is 54.6 Å². The SMILES string of the molecule is CCOCCNC(=O)c1nc(N[C@H]2CCCC[C@H]2N=C(N)NOC)c2cc(C)ccc2n1.Cl.Cl. The zero-order chi connectivity index (χ0) is 22.9. The van der Waals surface area contributed by atoms with Gasteiger partial charge in [0.15, 0.2) is 0 Å². The monoisotopic (exact) mass is 515 g/mol. The van der Waals surface area contributed by atoms with Crippen molar-refractivity contribution in [3.63, 3.8) is 0 Å². The van der Waals surface area contributed by atoms with Crippen molar-refractivity contribution < 1.29 is 14.4 Å². The summed E-state index contributed by atoms with van der Waals surface area (Å²) >= 11 is 0. The van der Waals surface area contributed by atoms with Gasteiger partial charge in [-0.2, -0.15) is 0 Å². The van der Waals surface area contributed by atoms with E-state index in [2.05, 4.69) is 31.1 Å². The van der Waals surface area contributed by atoms with Crippen LogP contribution in [-0.2, 0) is 9.57 Å². The number of ether oxygens (including phenoxy) is 1. The summed E-state index contributed by atoms with van der Waals surface area (Å²) < 4.78 is 5.28. The minimum atomic E-state index is -0.331. The number of fused-ring (bicyclic) bond motifs is 1. The molecular weight excluding hydrogens is 481 g/mol. The molecule has 10 nitrogen and oxygen atoms in total. The van der Waals surface area contributed by atoms with Crippen LogP contribution in [0.4, 0.5) is 5.82 Å². The Morgan fingerprint density at radius 1 is 1.24 bits per heavy atom. The highest BCUT2D eigenvalue weighted by molar-refractivity contribution is 5.96. The topological polar surface area (TPSA) is 136 Å². The summed E-state index contributed by atoms with van der Waals surface area (Å²) in [4.78, 5) is 31.2. The molecule has 1 heterocycles. The number of nitrogens with two attached hydrogens (primary N) is 1. The lowest BCUT2D eigenvalue weighted by molar-refractivity contribution is 0.0913. The lowest BCUT2D eigenvalue weighted by atomic mass is 9.90. The molecule has 1 amide bonds. The number of amides is 1. The van der Waals surface area contributed by atoms with Crippen molar-refractivity contribution in [3.8, 4) is 0 Å². The van der Waals surface area contributed by atoms with Gasteiger partial charge < -0.3 is 21.1 Å². The number of hydrogen-bond donors (Lipinski definition) is 4. The molecule has 3 rings (SSSR count). The van der Waals surface area contributed by atoms with Gasteiger partial charge in [-0.3, -0.25) is 9.63 Å². The first kappa shape index (κ1) is 29.6. The Bertz CT molecular complexity index is 961. The summed E-state index contributed by atoms with van der Waals surface area (Å²) in [5, 5.41) is 7.21. The number of aryl methyl sites for hydroxylation is 1. The number of rotatable bonds is 9. The number of nitrogens with zero attached hydrogens (tertiary/aromatic N) is 3. The fraction of sp³-hybridized carbons (Fsp3) is 0.545. The molecule has 1 aliphatic carbocycles. The second-order valence-corrected chi connectivity index (χ2v) is 7.79. The average Bonchev–Trinajstić information content (AvgIpc) is 2.78.